The van der Waals surface area contributed by atoms with Crippen LogP contribution in [0.5, 0.6) is 17.2 Å². The number of hydrogen-bond acceptors (Lipinski definition) is 7. The Labute approximate surface area is 167 Å². The highest BCUT2D eigenvalue weighted by Crippen LogP contribution is 2.35. The Hall–Kier alpha value is -3.81. The Kier molecular flexibility index (Phi) is 4.90. The van der Waals surface area contributed by atoms with Crippen LogP contribution in [0.2, 0.25) is 0 Å². The van der Waals surface area contributed by atoms with E-state index in [1.54, 1.807) is 20.1 Å². The highest BCUT2D eigenvalue weighted by Gasteiger charge is 2.16. The Morgan fingerprint density at radius 2 is 1.86 bits per heavy atom. The summed E-state index contributed by atoms with van der Waals surface area (Å²) < 4.78 is 16.0. The van der Waals surface area contributed by atoms with Crippen LogP contribution in [0.25, 0.3) is 0 Å². The predicted molar refractivity (Wildman–Crippen MR) is 108 cm³/mol. The van der Waals surface area contributed by atoms with Crippen LogP contribution >= 0.6 is 0 Å². The molecule has 8 heteroatoms. The first-order valence-corrected chi connectivity index (χ1v) is 9.00. The molecule has 0 atom stereocenters. The fraction of sp³-hybridized carbons (Fsp3) is 0.190. The Morgan fingerprint density at radius 1 is 1.03 bits per heavy atom. The SMILES string of the molecule is COc1ccc(C)cc1NC(=O)c1cc(Nc2ccc3c(c2)OCO3)nc(C)n1. The molecule has 0 aliphatic carbocycles. The number of methoxy groups -OCH3 is 1. The van der Waals surface area contributed by atoms with Crippen molar-refractivity contribution in [2.24, 2.45) is 0 Å². The lowest BCUT2D eigenvalue weighted by Crippen LogP contribution is -2.16. The van der Waals surface area contributed by atoms with Crippen LogP contribution < -0.4 is 24.8 Å². The summed E-state index contributed by atoms with van der Waals surface area (Å²) in [6.45, 7) is 3.88. The molecule has 8 nitrogen and oxygen atoms in total. The van der Waals surface area contributed by atoms with Gasteiger partial charge in [0.15, 0.2) is 11.5 Å². The molecule has 29 heavy (non-hydrogen) atoms. The van der Waals surface area contributed by atoms with Crippen molar-refractivity contribution in [3.63, 3.8) is 0 Å². The molecule has 1 aromatic heterocycles. The molecule has 2 heterocycles. The number of aromatic nitrogens is 2. The summed E-state index contributed by atoms with van der Waals surface area (Å²) in [7, 11) is 1.56. The van der Waals surface area contributed by atoms with E-state index in [0.717, 1.165) is 11.3 Å². The largest absolute Gasteiger partial charge is 0.495 e. The average Bonchev–Trinajstić information content (AvgIpc) is 3.15. The van der Waals surface area contributed by atoms with Gasteiger partial charge in [-0.2, -0.15) is 0 Å². The second-order valence-corrected chi connectivity index (χ2v) is 6.54. The van der Waals surface area contributed by atoms with Gasteiger partial charge in [0.1, 0.15) is 23.1 Å². The van der Waals surface area contributed by atoms with E-state index >= 15 is 0 Å². The van der Waals surface area contributed by atoms with Gasteiger partial charge in [-0.3, -0.25) is 4.79 Å². The number of aryl methyl sites for hydroxylation is 2. The van der Waals surface area contributed by atoms with Gasteiger partial charge in [-0.15, -0.1) is 0 Å². The first-order chi connectivity index (χ1) is 14.0. The fourth-order valence-corrected chi connectivity index (χ4v) is 2.98. The van der Waals surface area contributed by atoms with Crippen molar-refractivity contribution < 1.29 is 19.0 Å². The lowest BCUT2D eigenvalue weighted by Gasteiger charge is -2.12. The number of fused-ring (bicyclic) bond motifs is 1. The molecule has 1 amide bonds. The van der Waals surface area contributed by atoms with E-state index in [9.17, 15) is 4.79 Å². The summed E-state index contributed by atoms with van der Waals surface area (Å²) in [5.41, 5.74) is 2.59. The molecule has 1 aliphatic rings. The maximum Gasteiger partial charge on any atom is 0.274 e. The van der Waals surface area contributed by atoms with Gasteiger partial charge in [-0.05, 0) is 43.7 Å². The van der Waals surface area contributed by atoms with Gasteiger partial charge in [0.05, 0.1) is 12.8 Å². The Morgan fingerprint density at radius 3 is 2.69 bits per heavy atom. The van der Waals surface area contributed by atoms with Crippen LogP contribution in [0.1, 0.15) is 21.9 Å². The topological polar surface area (TPSA) is 94.6 Å². The highest BCUT2D eigenvalue weighted by molar-refractivity contribution is 6.04. The quantitative estimate of drug-likeness (QED) is 0.681. The molecule has 1 aliphatic heterocycles. The summed E-state index contributed by atoms with van der Waals surface area (Å²) >= 11 is 0. The van der Waals surface area contributed by atoms with Crippen molar-refractivity contribution >= 4 is 23.1 Å². The number of ether oxygens (including phenoxy) is 3. The van der Waals surface area contributed by atoms with Gasteiger partial charge in [-0.1, -0.05) is 6.07 Å². The number of benzene rings is 2. The smallest absolute Gasteiger partial charge is 0.274 e. The summed E-state index contributed by atoms with van der Waals surface area (Å²) in [6.07, 6.45) is 0. The van der Waals surface area contributed by atoms with Crippen LogP contribution in [0.3, 0.4) is 0 Å². The first kappa shape index (κ1) is 18.5. The number of carbonyl (C=O) groups excluding carboxylic acids is 1. The van der Waals surface area contributed by atoms with E-state index in [1.807, 2.05) is 43.3 Å². The third kappa shape index (κ3) is 4.06. The molecular formula is C21H20N4O4. The number of anilines is 3. The summed E-state index contributed by atoms with van der Waals surface area (Å²) in [5.74, 6) is 2.54. The Balaban J connectivity index is 1.56. The zero-order valence-corrected chi connectivity index (χ0v) is 16.3. The van der Waals surface area contributed by atoms with E-state index in [4.69, 9.17) is 14.2 Å². The van der Waals surface area contributed by atoms with Crippen molar-refractivity contribution in [1.82, 2.24) is 9.97 Å². The Bertz CT molecular complexity index is 1080. The number of nitrogens with one attached hydrogen (secondary N) is 2. The van der Waals surface area contributed by atoms with Gasteiger partial charge >= 0.3 is 0 Å². The average molecular weight is 392 g/mol. The molecule has 0 bridgehead atoms. The molecule has 4 rings (SSSR count). The molecular weight excluding hydrogens is 372 g/mol. The van der Waals surface area contributed by atoms with Crippen molar-refractivity contribution in [1.29, 1.82) is 0 Å². The fourth-order valence-electron chi connectivity index (χ4n) is 2.98. The van der Waals surface area contributed by atoms with Gasteiger partial charge in [0.25, 0.3) is 5.91 Å². The number of nitrogens with zero attached hydrogens (tertiary/aromatic N) is 2. The van der Waals surface area contributed by atoms with Gasteiger partial charge in [-0.25, -0.2) is 9.97 Å². The molecule has 0 fully saturated rings. The molecule has 2 N–H and O–H groups in total. The van der Waals surface area contributed by atoms with Crippen molar-refractivity contribution in [2.45, 2.75) is 13.8 Å². The van der Waals surface area contributed by atoms with Crippen LogP contribution in [0.15, 0.2) is 42.5 Å². The van der Waals surface area contributed by atoms with Crippen molar-refractivity contribution in [3.05, 3.63) is 59.5 Å². The van der Waals surface area contributed by atoms with Gasteiger partial charge in [0.2, 0.25) is 6.79 Å². The zero-order chi connectivity index (χ0) is 20.4. The lowest BCUT2D eigenvalue weighted by molar-refractivity contribution is 0.102. The minimum atomic E-state index is -0.354. The maximum absolute atomic E-state index is 12.8. The molecule has 0 saturated carbocycles. The zero-order valence-electron chi connectivity index (χ0n) is 16.3. The molecule has 148 valence electrons. The second kappa shape index (κ2) is 7.67. The molecule has 0 unspecified atom stereocenters. The van der Waals surface area contributed by atoms with E-state index < -0.39 is 0 Å². The van der Waals surface area contributed by atoms with E-state index in [1.165, 1.54) is 0 Å². The minimum absolute atomic E-state index is 0.206. The van der Waals surface area contributed by atoms with E-state index in [0.29, 0.717) is 34.6 Å². The normalized spacial score (nSPS) is 11.8. The third-order valence-electron chi connectivity index (χ3n) is 4.32. The number of hydrogen-bond donors (Lipinski definition) is 2. The van der Waals surface area contributed by atoms with E-state index in [2.05, 4.69) is 20.6 Å². The summed E-state index contributed by atoms with van der Waals surface area (Å²) in [4.78, 5) is 21.4. The monoisotopic (exact) mass is 392 g/mol. The molecule has 0 spiro atoms. The molecule has 3 aromatic rings. The van der Waals surface area contributed by atoms with E-state index in [-0.39, 0.29) is 18.4 Å². The van der Waals surface area contributed by atoms with Crippen LogP contribution in [-0.2, 0) is 0 Å². The first-order valence-electron chi connectivity index (χ1n) is 9.00. The lowest BCUT2D eigenvalue weighted by atomic mass is 10.2. The van der Waals surface area contributed by atoms with Crippen LogP contribution in [0.4, 0.5) is 17.2 Å². The minimum Gasteiger partial charge on any atom is -0.495 e. The van der Waals surface area contributed by atoms with Crippen molar-refractivity contribution in [3.8, 4) is 17.2 Å². The standard InChI is InChI=1S/C21H20N4O4/c1-12-4-6-17(27-3)15(8-12)25-21(26)16-10-20(23-13(2)22-16)24-14-5-7-18-19(9-14)29-11-28-18/h4-10H,11H2,1-3H3,(H,25,26)(H,22,23,24). The predicted octanol–water partition coefficient (Wildman–Crippen LogP) is 3.83. The highest BCUT2D eigenvalue weighted by atomic mass is 16.7. The second-order valence-electron chi connectivity index (χ2n) is 6.54. The van der Waals surface area contributed by atoms with Crippen molar-refractivity contribution in [2.75, 3.05) is 24.5 Å². The van der Waals surface area contributed by atoms with Gasteiger partial charge in [0, 0.05) is 17.8 Å². The van der Waals surface area contributed by atoms with Crippen LogP contribution in [-0.4, -0.2) is 29.8 Å². The molecule has 0 saturated heterocycles. The molecule has 2 aromatic carbocycles. The maximum atomic E-state index is 12.8. The third-order valence-corrected chi connectivity index (χ3v) is 4.32. The summed E-state index contributed by atoms with van der Waals surface area (Å²) in [6, 6.07) is 12.6. The van der Waals surface area contributed by atoms with Gasteiger partial charge < -0.3 is 24.8 Å². The number of rotatable bonds is 5. The molecule has 0 radical (unpaired) electrons. The number of carbonyl (C=O) groups is 1. The summed E-state index contributed by atoms with van der Waals surface area (Å²) in [5, 5.41) is 6.03. The number of amides is 1. The van der Waals surface area contributed by atoms with Crippen LogP contribution in [0, 0.1) is 13.8 Å².